The van der Waals surface area contributed by atoms with E-state index in [1.807, 2.05) is 32.2 Å². The number of amides is 2. The predicted octanol–water partition coefficient (Wildman–Crippen LogP) is 4.04. The maximum Gasteiger partial charge on any atom is 0.279 e. The van der Waals surface area contributed by atoms with Crippen molar-refractivity contribution in [3.63, 3.8) is 0 Å². The first-order chi connectivity index (χ1) is 13.5. The summed E-state index contributed by atoms with van der Waals surface area (Å²) in [5, 5.41) is 2.88. The predicted molar refractivity (Wildman–Crippen MR) is 111 cm³/mol. The summed E-state index contributed by atoms with van der Waals surface area (Å²) >= 11 is 2.98. The summed E-state index contributed by atoms with van der Waals surface area (Å²) in [6, 6.07) is 8.72. The molecule has 0 unspecified atom stereocenters. The molecule has 0 radical (unpaired) electrons. The van der Waals surface area contributed by atoms with E-state index in [0.717, 1.165) is 27.6 Å². The maximum absolute atomic E-state index is 12.5. The third kappa shape index (κ3) is 4.76. The second-order valence-corrected chi connectivity index (χ2v) is 8.32. The van der Waals surface area contributed by atoms with E-state index < -0.39 is 5.91 Å². The molecule has 0 spiro atoms. The SMILES string of the molecule is CCc1sc(C(=O)NNC(=O)c2ccccc2OCc2csc(C)n2)cc1C. The Hall–Kier alpha value is -2.71. The van der Waals surface area contributed by atoms with Gasteiger partial charge in [0.25, 0.3) is 11.8 Å². The molecule has 0 aliphatic carbocycles. The molecule has 8 heteroatoms. The number of aromatic nitrogens is 1. The minimum atomic E-state index is -0.442. The molecule has 28 heavy (non-hydrogen) atoms. The third-order valence-corrected chi connectivity index (χ3v) is 6.23. The standard InChI is InChI=1S/C20H21N3O3S2/c1-4-17-12(2)9-18(28-17)20(25)23-22-19(24)15-7-5-6-8-16(15)26-10-14-11-27-13(3)21-14/h5-9,11H,4,10H2,1-3H3,(H,22,24)(H,23,25). The lowest BCUT2D eigenvalue weighted by atomic mass is 10.2. The number of nitrogens with one attached hydrogen (secondary N) is 2. The number of thiazole rings is 1. The summed E-state index contributed by atoms with van der Waals surface area (Å²) in [4.78, 5) is 30.9. The van der Waals surface area contributed by atoms with Gasteiger partial charge in [0.2, 0.25) is 0 Å². The van der Waals surface area contributed by atoms with Crippen molar-refractivity contribution < 1.29 is 14.3 Å². The van der Waals surface area contributed by atoms with Gasteiger partial charge in [-0.1, -0.05) is 19.1 Å². The second-order valence-electron chi connectivity index (χ2n) is 6.12. The van der Waals surface area contributed by atoms with Crippen LogP contribution in [0, 0.1) is 13.8 Å². The third-order valence-electron chi connectivity index (χ3n) is 4.03. The van der Waals surface area contributed by atoms with Gasteiger partial charge in [0.15, 0.2) is 0 Å². The van der Waals surface area contributed by atoms with Gasteiger partial charge >= 0.3 is 0 Å². The molecule has 0 aliphatic rings. The molecule has 0 saturated heterocycles. The fourth-order valence-electron chi connectivity index (χ4n) is 2.63. The van der Waals surface area contributed by atoms with Crippen LogP contribution in [-0.4, -0.2) is 16.8 Å². The first-order valence-electron chi connectivity index (χ1n) is 8.80. The van der Waals surface area contributed by atoms with Crippen molar-refractivity contribution in [2.24, 2.45) is 0 Å². The van der Waals surface area contributed by atoms with Crippen LogP contribution in [0.1, 0.15) is 48.1 Å². The molecule has 1 aromatic carbocycles. The molecule has 0 saturated carbocycles. The second kappa shape index (κ2) is 8.99. The quantitative estimate of drug-likeness (QED) is 0.596. The summed E-state index contributed by atoms with van der Waals surface area (Å²) in [5.41, 5.74) is 7.17. The van der Waals surface area contributed by atoms with Crippen LogP contribution in [-0.2, 0) is 13.0 Å². The highest BCUT2D eigenvalue weighted by Gasteiger charge is 2.16. The number of thiophene rings is 1. The number of hydrazine groups is 1. The summed E-state index contributed by atoms with van der Waals surface area (Å²) in [7, 11) is 0. The summed E-state index contributed by atoms with van der Waals surface area (Å²) in [6.45, 7) is 6.22. The summed E-state index contributed by atoms with van der Waals surface area (Å²) < 4.78 is 5.76. The fraction of sp³-hybridized carbons (Fsp3) is 0.250. The number of para-hydroxylation sites is 1. The molecule has 3 rings (SSSR count). The molecule has 3 aromatic rings. The van der Waals surface area contributed by atoms with Crippen LogP contribution in [0.25, 0.3) is 0 Å². The normalized spacial score (nSPS) is 10.5. The van der Waals surface area contributed by atoms with Crippen molar-refractivity contribution in [2.75, 3.05) is 0 Å². The molecule has 6 nitrogen and oxygen atoms in total. The van der Waals surface area contributed by atoms with Gasteiger partial charge in [0.05, 0.1) is 21.1 Å². The molecule has 146 valence electrons. The van der Waals surface area contributed by atoms with Crippen molar-refractivity contribution in [3.8, 4) is 5.75 Å². The molecular formula is C20H21N3O3S2. The van der Waals surface area contributed by atoms with Crippen LogP contribution in [0.3, 0.4) is 0 Å². The van der Waals surface area contributed by atoms with Gasteiger partial charge in [-0.3, -0.25) is 20.4 Å². The molecule has 2 N–H and O–H groups in total. The van der Waals surface area contributed by atoms with Crippen molar-refractivity contribution in [1.29, 1.82) is 0 Å². The Morgan fingerprint density at radius 3 is 2.57 bits per heavy atom. The Labute approximate surface area is 171 Å². The van der Waals surface area contributed by atoms with Gasteiger partial charge in [-0.25, -0.2) is 4.98 Å². The van der Waals surface area contributed by atoms with Crippen molar-refractivity contribution in [2.45, 2.75) is 33.8 Å². The van der Waals surface area contributed by atoms with Gasteiger partial charge in [0, 0.05) is 10.3 Å². The van der Waals surface area contributed by atoms with Crippen LogP contribution in [0.2, 0.25) is 0 Å². The van der Waals surface area contributed by atoms with Crippen LogP contribution >= 0.6 is 22.7 Å². The number of hydrogen-bond acceptors (Lipinski definition) is 6. The largest absolute Gasteiger partial charge is 0.486 e. The van der Waals surface area contributed by atoms with Crippen LogP contribution in [0.5, 0.6) is 5.75 Å². The zero-order valence-electron chi connectivity index (χ0n) is 15.9. The number of rotatable bonds is 6. The van der Waals surface area contributed by atoms with Crippen molar-refractivity contribution >= 4 is 34.5 Å². The molecule has 2 amide bonds. The highest BCUT2D eigenvalue weighted by Crippen LogP contribution is 2.22. The topological polar surface area (TPSA) is 80.3 Å². The smallest absolute Gasteiger partial charge is 0.279 e. The van der Waals surface area contributed by atoms with E-state index in [-0.39, 0.29) is 12.5 Å². The van der Waals surface area contributed by atoms with Gasteiger partial charge in [-0.15, -0.1) is 22.7 Å². The van der Waals surface area contributed by atoms with E-state index in [1.54, 1.807) is 35.6 Å². The Morgan fingerprint density at radius 1 is 1.14 bits per heavy atom. The zero-order valence-corrected chi connectivity index (χ0v) is 17.5. The lowest BCUT2D eigenvalue weighted by Gasteiger charge is -2.11. The van der Waals surface area contributed by atoms with E-state index in [1.165, 1.54) is 11.3 Å². The Bertz CT molecular complexity index is 994. The van der Waals surface area contributed by atoms with Gasteiger partial charge in [0.1, 0.15) is 12.4 Å². The molecule has 0 fully saturated rings. The lowest BCUT2D eigenvalue weighted by Crippen LogP contribution is -2.41. The zero-order chi connectivity index (χ0) is 20.1. The number of carbonyl (C=O) groups is 2. The molecule has 0 aliphatic heterocycles. The highest BCUT2D eigenvalue weighted by molar-refractivity contribution is 7.14. The lowest BCUT2D eigenvalue weighted by molar-refractivity contribution is 0.0846. The fourth-order valence-corrected chi connectivity index (χ4v) is 4.24. The number of ether oxygens (including phenoxy) is 1. The van der Waals surface area contributed by atoms with Crippen LogP contribution in [0.15, 0.2) is 35.7 Å². The van der Waals surface area contributed by atoms with E-state index in [4.69, 9.17) is 4.74 Å². The molecular weight excluding hydrogens is 394 g/mol. The minimum absolute atomic E-state index is 0.273. The van der Waals surface area contributed by atoms with Crippen LogP contribution in [0.4, 0.5) is 0 Å². The number of nitrogens with zero attached hydrogens (tertiary/aromatic N) is 1. The number of benzene rings is 1. The Morgan fingerprint density at radius 2 is 1.89 bits per heavy atom. The van der Waals surface area contributed by atoms with Gasteiger partial charge in [-0.2, -0.15) is 0 Å². The van der Waals surface area contributed by atoms with E-state index in [2.05, 4.69) is 15.8 Å². The number of carbonyl (C=O) groups excluding carboxylic acids is 2. The van der Waals surface area contributed by atoms with E-state index >= 15 is 0 Å². The first-order valence-corrected chi connectivity index (χ1v) is 10.5. The average Bonchev–Trinajstić information content (AvgIpc) is 3.29. The maximum atomic E-state index is 12.5. The Balaban J connectivity index is 1.63. The highest BCUT2D eigenvalue weighted by atomic mass is 32.1. The molecule has 0 atom stereocenters. The molecule has 0 bridgehead atoms. The molecule has 2 aromatic heterocycles. The van der Waals surface area contributed by atoms with Crippen molar-refractivity contribution in [1.82, 2.24) is 15.8 Å². The van der Waals surface area contributed by atoms with E-state index in [9.17, 15) is 9.59 Å². The summed E-state index contributed by atoms with van der Waals surface area (Å²) in [5.74, 6) is -0.347. The van der Waals surface area contributed by atoms with Gasteiger partial charge in [-0.05, 0) is 44.0 Å². The number of hydrogen-bond donors (Lipinski definition) is 2. The van der Waals surface area contributed by atoms with Gasteiger partial charge < -0.3 is 4.74 Å². The van der Waals surface area contributed by atoms with Crippen molar-refractivity contribution in [3.05, 3.63) is 67.3 Å². The first kappa shape index (κ1) is 20.0. The minimum Gasteiger partial charge on any atom is -0.486 e. The van der Waals surface area contributed by atoms with E-state index in [0.29, 0.717) is 16.2 Å². The summed E-state index contributed by atoms with van der Waals surface area (Å²) in [6.07, 6.45) is 0.874. The molecule has 2 heterocycles. The monoisotopic (exact) mass is 415 g/mol. The average molecular weight is 416 g/mol. The Kier molecular flexibility index (Phi) is 6.43. The number of aryl methyl sites for hydroxylation is 3. The van der Waals surface area contributed by atoms with Crippen LogP contribution < -0.4 is 15.6 Å².